The highest BCUT2D eigenvalue weighted by molar-refractivity contribution is 6.18. The highest BCUT2D eigenvalue weighted by Gasteiger charge is 2.32. The molecule has 3 nitrogen and oxygen atoms in total. The van der Waals surface area contributed by atoms with E-state index in [1.807, 2.05) is 0 Å². The van der Waals surface area contributed by atoms with Gasteiger partial charge in [0.25, 0.3) is 0 Å². The van der Waals surface area contributed by atoms with Crippen molar-refractivity contribution in [3.8, 4) is 0 Å². The Morgan fingerprint density at radius 2 is 1.79 bits per heavy atom. The van der Waals surface area contributed by atoms with Gasteiger partial charge in [-0.25, -0.2) is 4.79 Å². The molecule has 104 valence electrons. The summed E-state index contributed by atoms with van der Waals surface area (Å²) in [4.78, 5) is 15.0. The summed E-state index contributed by atoms with van der Waals surface area (Å²) in [6, 6.07) is 4.36. The molecule has 1 aromatic carbocycles. The monoisotopic (exact) mass is 292 g/mol. The number of carbonyl (C=O) groups is 1. The maximum Gasteiger partial charge on any atom is 0.416 e. The van der Waals surface area contributed by atoms with Crippen molar-refractivity contribution < 1.29 is 18.0 Å². The molecule has 0 atom stereocenters. The van der Waals surface area contributed by atoms with E-state index in [4.69, 9.17) is 11.6 Å². The molecular formula is C12H12ClF3N2O. The molecule has 19 heavy (non-hydrogen) atoms. The third kappa shape index (κ3) is 2.94. The Bertz CT molecular complexity index is 461. The van der Waals surface area contributed by atoms with E-state index in [1.165, 1.54) is 17.0 Å². The zero-order chi connectivity index (χ0) is 14.0. The summed E-state index contributed by atoms with van der Waals surface area (Å²) < 4.78 is 37.3. The van der Waals surface area contributed by atoms with Gasteiger partial charge >= 0.3 is 12.2 Å². The molecule has 1 aliphatic heterocycles. The van der Waals surface area contributed by atoms with E-state index in [1.54, 1.807) is 4.90 Å². The summed E-state index contributed by atoms with van der Waals surface area (Å²) in [5.74, 6) is 0.340. The van der Waals surface area contributed by atoms with Gasteiger partial charge in [-0.2, -0.15) is 13.2 Å². The Morgan fingerprint density at radius 1 is 1.16 bits per heavy atom. The van der Waals surface area contributed by atoms with Gasteiger partial charge in [-0.1, -0.05) is 0 Å². The summed E-state index contributed by atoms with van der Waals surface area (Å²) in [6.45, 7) is 1.44. The summed E-state index contributed by atoms with van der Waals surface area (Å²) in [6.07, 6.45) is -4.36. The van der Waals surface area contributed by atoms with Gasteiger partial charge in [0, 0.05) is 31.2 Å². The van der Waals surface area contributed by atoms with Crippen molar-refractivity contribution in [2.45, 2.75) is 6.18 Å². The van der Waals surface area contributed by atoms with Crippen LogP contribution in [-0.4, -0.2) is 36.4 Å². The van der Waals surface area contributed by atoms with Crippen LogP contribution in [0.3, 0.4) is 0 Å². The number of hydrogen-bond donors (Lipinski definition) is 0. The lowest BCUT2D eigenvalue weighted by Crippen LogP contribution is -2.32. The first-order valence-corrected chi connectivity index (χ1v) is 6.26. The van der Waals surface area contributed by atoms with E-state index in [2.05, 4.69) is 0 Å². The van der Waals surface area contributed by atoms with Gasteiger partial charge in [0.05, 0.1) is 5.56 Å². The Kier molecular flexibility index (Phi) is 3.89. The van der Waals surface area contributed by atoms with Crippen molar-refractivity contribution in [1.29, 1.82) is 0 Å². The minimum Gasteiger partial charge on any atom is -0.321 e. The largest absolute Gasteiger partial charge is 0.416 e. The number of halogens is 4. The minimum atomic E-state index is -4.36. The van der Waals surface area contributed by atoms with Gasteiger partial charge in [-0.05, 0) is 24.3 Å². The molecule has 1 aliphatic rings. The number of rotatable bonds is 3. The van der Waals surface area contributed by atoms with E-state index in [0.717, 1.165) is 12.1 Å². The van der Waals surface area contributed by atoms with Crippen molar-refractivity contribution in [2.75, 3.05) is 30.4 Å². The zero-order valence-electron chi connectivity index (χ0n) is 9.95. The molecule has 0 unspecified atom stereocenters. The molecule has 2 amide bonds. The maximum atomic E-state index is 12.4. The van der Waals surface area contributed by atoms with Crippen molar-refractivity contribution >= 4 is 23.3 Å². The standard InChI is InChI=1S/C12H12ClF3N2O/c13-5-6-17-7-8-18(11(17)19)10-3-1-9(2-4-10)12(14,15)16/h1-4H,5-8H2. The van der Waals surface area contributed by atoms with Crippen LogP contribution < -0.4 is 4.90 Å². The fourth-order valence-electron chi connectivity index (χ4n) is 1.96. The lowest BCUT2D eigenvalue weighted by molar-refractivity contribution is -0.137. The lowest BCUT2D eigenvalue weighted by Gasteiger charge is -2.18. The average molecular weight is 293 g/mol. The highest BCUT2D eigenvalue weighted by atomic mass is 35.5. The van der Waals surface area contributed by atoms with Crippen molar-refractivity contribution in [3.05, 3.63) is 29.8 Å². The average Bonchev–Trinajstić information content (AvgIpc) is 2.71. The molecule has 0 saturated carbocycles. The Hall–Kier alpha value is -1.43. The first kappa shape index (κ1) is 14.0. The van der Waals surface area contributed by atoms with Crippen LogP contribution in [0.25, 0.3) is 0 Å². The second kappa shape index (κ2) is 5.28. The van der Waals surface area contributed by atoms with Gasteiger partial charge < -0.3 is 4.90 Å². The van der Waals surface area contributed by atoms with Crippen LogP contribution in [0.15, 0.2) is 24.3 Å². The van der Waals surface area contributed by atoms with Crippen LogP contribution in [-0.2, 0) is 6.18 Å². The molecule has 0 N–H and O–H groups in total. The number of hydrogen-bond acceptors (Lipinski definition) is 1. The van der Waals surface area contributed by atoms with E-state index < -0.39 is 11.7 Å². The molecule has 2 rings (SSSR count). The fourth-order valence-corrected chi connectivity index (χ4v) is 2.17. The van der Waals surface area contributed by atoms with Crippen molar-refractivity contribution in [3.63, 3.8) is 0 Å². The van der Waals surface area contributed by atoms with Gasteiger partial charge in [0.2, 0.25) is 0 Å². The van der Waals surface area contributed by atoms with Gasteiger partial charge in [-0.3, -0.25) is 4.90 Å². The number of nitrogens with zero attached hydrogens (tertiary/aromatic N) is 2. The van der Waals surface area contributed by atoms with Crippen molar-refractivity contribution in [1.82, 2.24) is 4.90 Å². The van der Waals surface area contributed by atoms with E-state index in [-0.39, 0.29) is 6.03 Å². The Morgan fingerprint density at radius 3 is 2.32 bits per heavy atom. The first-order valence-electron chi connectivity index (χ1n) is 5.73. The molecule has 0 aliphatic carbocycles. The van der Waals surface area contributed by atoms with E-state index in [9.17, 15) is 18.0 Å². The van der Waals surface area contributed by atoms with Gasteiger partial charge in [0.15, 0.2) is 0 Å². The van der Waals surface area contributed by atoms with Crippen LogP contribution in [0, 0.1) is 0 Å². The second-order valence-electron chi connectivity index (χ2n) is 4.15. The summed E-state index contributed by atoms with van der Waals surface area (Å²) >= 11 is 5.57. The molecular weight excluding hydrogens is 281 g/mol. The van der Waals surface area contributed by atoms with Crippen LogP contribution in [0.1, 0.15) is 5.56 Å². The van der Waals surface area contributed by atoms with Crippen LogP contribution >= 0.6 is 11.6 Å². The first-order chi connectivity index (χ1) is 8.93. The quantitative estimate of drug-likeness (QED) is 0.785. The van der Waals surface area contributed by atoms with E-state index in [0.29, 0.717) is 31.2 Å². The van der Waals surface area contributed by atoms with Gasteiger partial charge in [-0.15, -0.1) is 11.6 Å². The molecule has 0 bridgehead atoms. The predicted octanol–water partition coefficient (Wildman–Crippen LogP) is 3.19. The molecule has 1 heterocycles. The van der Waals surface area contributed by atoms with Crippen molar-refractivity contribution in [2.24, 2.45) is 0 Å². The normalized spacial score (nSPS) is 16.3. The topological polar surface area (TPSA) is 23.6 Å². The molecule has 7 heteroatoms. The summed E-state index contributed by atoms with van der Waals surface area (Å²) in [5, 5.41) is 0. The number of urea groups is 1. The molecule has 1 aromatic rings. The van der Waals surface area contributed by atoms with Crippen LogP contribution in [0.5, 0.6) is 0 Å². The molecule has 0 aromatic heterocycles. The Labute approximate surface area is 113 Å². The number of alkyl halides is 4. The minimum absolute atomic E-state index is 0.222. The number of amides is 2. The number of benzene rings is 1. The number of carbonyl (C=O) groups excluding carboxylic acids is 1. The Balaban J connectivity index is 2.13. The predicted molar refractivity (Wildman–Crippen MR) is 66.5 cm³/mol. The highest BCUT2D eigenvalue weighted by Crippen LogP contribution is 2.31. The summed E-state index contributed by atoms with van der Waals surface area (Å²) in [5.41, 5.74) is -0.254. The summed E-state index contributed by atoms with van der Waals surface area (Å²) in [7, 11) is 0. The van der Waals surface area contributed by atoms with E-state index >= 15 is 0 Å². The third-order valence-electron chi connectivity index (χ3n) is 2.96. The molecule has 1 saturated heterocycles. The van der Waals surface area contributed by atoms with Crippen LogP contribution in [0.2, 0.25) is 0 Å². The lowest BCUT2D eigenvalue weighted by atomic mass is 10.2. The molecule has 0 radical (unpaired) electrons. The second-order valence-corrected chi connectivity index (χ2v) is 4.53. The smallest absolute Gasteiger partial charge is 0.321 e. The van der Waals surface area contributed by atoms with Crippen LogP contribution in [0.4, 0.5) is 23.7 Å². The SMILES string of the molecule is O=C1N(CCCl)CCN1c1ccc(C(F)(F)F)cc1. The fraction of sp³-hybridized carbons (Fsp3) is 0.417. The maximum absolute atomic E-state index is 12.4. The third-order valence-corrected chi connectivity index (χ3v) is 3.12. The molecule has 1 fully saturated rings. The van der Waals surface area contributed by atoms with Gasteiger partial charge in [0.1, 0.15) is 0 Å². The zero-order valence-corrected chi connectivity index (χ0v) is 10.7. The molecule has 0 spiro atoms. The number of anilines is 1.